The van der Waals surface area contributed by atoms with Crippen molar-refractivity contribution in [2.24, 2.45) is 0 Å². The number of carbonyl (C=O) groups is 1. The smallest absolute Gasteiger partial charge is 0.416 e. The molecule has 0 spiro atoms. The molecule has 1 N–H and O–H groups in total. The van der Waals surface area contributed by atoms with Crippen LogP contribution in [0.25, 0.3) is 0 Å². The van der Waals surface area contributed by atoms with E-state index in [9.17, 15) is 18.0 Å². The van der Waals surface area contributed by atoms with E-state index < -0.39 is 17.7 Å². The Bertz CT molecular complexity index is 819. The first-order valence-corrected chi connectivity index (χ1v) is 7.90. The summed E-state index contributed by atoms with van der Waals surface area (Å²) in [6, 6.07) is 11.1. The summed E-state index contributed by atoms with van der Waals surface area (Å²) in [5, 5.41) is 0. The minimum Gasteiger partial charge on any atom is -0.489 e. The lowest BCUT2D eigenvalue weighted by Gasteiger charge is -2.13. The highest BCUT2D eigenvalue weighted by Crippen LogP contribution is 2.31. The summed E-state index contributed by atoms with van der Waals surface area (Å²) < 4.78 is 49.1. The third-order valence-corrected chi connectivity index (χ3v) is 3.45. The molecule has 144 valence electrons. The molecule has 0 heterocycles. The third kappa shape index (κ3) is 5.75. The predicted octanol–water partition coefficient (Wildman–Crippen LogP) is 4.24. The Morgan fingerprint density at radius 3 is 2.56 bits per heavy atom. The zero-order chi connectivity index (χ0) is 19.9. The molecule has 0 saturated heterocycles. The van der Waals surface area contributed by atoms with Crippen LogP contribution in [-0.2, 0) is 22.4 Å². The standard InChI is InChI=1S/C19H18F3NO4/c1-3-16(23-25-2)18(24)27-17-10-5-4-7-13(17)12-26-15-9-6-8-14(11-15)19(20,21)22/h3-11,23H,12H2,1-2H3. The zero-order valence-electron chi connectivity index (χ0n) is 14.7. The van der Waals surface area contributed by atoms with Gasteiger partial charge < -0.3 is 9.47 Å². The van der Waals surface area contributed by atoms with E-state index in [1.54, 1.807) is 31.2 Å². The first-order chi connectivity index (χ1) is 12.8. The summed E-state index contributed by atoms with van der Waals surface area (Å²) in [4.78, 5) is 16.8. The summed E-state index contributed by atoms with van der Waals surface area (Å²) in [5.74, 6) is -0.390. The van der Waals surface area contributed by atoms with Gasteiger partial charge in [0, 0.05) is 5.56 Å². The maximum Gasteiger partial charge on any atom is 0.416 e. The van der Waals surface area contributed by atoms with Gasteiger partial charge in [-0.15, -0.1) is 0 Å². The van der Waals surface area contributed by atoms with E-state index in [1.807, 2.05) is 0 Å². The van der Waals surface area contributed by atoms with E-state index in [0.717, 1.165) is 12.1 Å². The van der Waals surface area contributed by atoms with Gasteiger partial charge in [0.15, 0.2) is 0 Å². The van der Waals surface area contributed by atoms with Gasteiger partial charge in [-0.2, -0.15) is 13.2 Å². The Kier molecular flexibility index (Phi) is 6.84. The number of rotatable bonds is 7. The van der Waals surface area contributed by atoms with E-state index in [0.29, 0.717) is 5.56 Å². The van der Waals surface area contributed by atoms with Crippen LogP contribution >= 0.6 is 0 Å². The topological polar surface area (TPSA) is 56.8 Å². The van der Waals surface area contributed by atoms with Crippen LogP contribution in [0.5, 0.6) is 11.5 Å². The second kappa shape index (κ2) is 9.09. The number of ether oxygens (including phenoxy) is 2. The summed E-state index contributed by atoms with van der Waals surface area (Å²) in [6.45, 7) is 1.55. The largest absolute Gasteiger partial charge is 0.489 e. The van der Waals surface area contributed by atoms with Gasteiger partial charge in [-0.25, -0.2) is 4.79 Å². The molecule has 0 unspecified atom stereocenters. The highest BCUT2D eigenvalue weighted by molar-refractivity contribution is 5.89. The molecule has 0 aliphatic rings. The molecular weight excluding hydrogens is 363 g/mol. The maximum absolute atomic E-state index is 12.8. The molecular formula is C19H18F3NO4. The first-order valence-electron chi connectivity index (χ1n) is 7.90. The van der Waals surface area contributed by atoms with Gasteiger partial charge in [0.05, 0.1) is 12.7 Å². The van der Waals surface area contributed by atoms with Crippen molar-refractivity contribution in [3.05, 3.63) is 71.4 Å². The monoisotopic (exact) mass is 381 g/mol. The van der Waals surface area contributed by atoms with E-state index >= 15 is 0 Å². The minimum absolute atomic E-state index is 0.0566. The molecule has 8 heteroatoms. The number of allylic oxidation sites excluding steroid dienone is 1. The van der Waals surface area contributed by atoms with Gasteiger partial charge >= 0.3 is 12.1 Å². The van der Waals surface area contributed by atoms with Gasteiger partial charge in [-0.1, -0.05) is 30.3 Å². The van der Waals surface area contributed by atoms with Crippen molar-refractivity contribution < 1.29 is 32.3 Å². The highest BCUT2D eigenvalue weighted by atomic mass is 19.4. The minimum atomic E-state index is -4.45. The lowest BCUT2D eigenvalue weighted by Crippen LogP contribution is -2.23. The molecule has 5 nitrogen and oxygen atoms in total. The number of hydrogen-bond donors (Lipinski definition) is 1. The Morgan fingerprint density at radius 2 is 1.89 bits per heavy atom. The zero-order valence-corrected chi connectivity index (χ0v) is 14.7. The molecule has 2 aromatic rings. The summed E-state index contributed by atoms with van der Waals surface area (Å²) in [6.07, 6.45) is -2.97. The Labute approximate surface area is 154 Å². The van der Waals surface area contributed by atoms with Gasteiger partial charge in [0.2, 0.25) is 0 Å². The molecule has 27 heavy (non-hydrogen) atoms. The van der Waals surface area contributed by atoms with Crippen LogP contribution in [0, 0.1) is 0 Å². The molecule has 2 aromatic carbocycles. The molecule has 2 rings (SSSR count). The van der Waals surface area contributed by atoms with E-state index in [4.69, 9.17) is 14.3 Å². The van der Waals surface area contributed by atoms with Crippen LogP contribution in [0.15, 0.2) is 60.3 Å². The molecule has 0 saturated carbocycles. The Hall–Kier alpha value is -3.00. The Balaban J connectivity index is 2.11. The second-order valence-electron chi connectivity index (χ2n) is 5.32. The van der Waals surface area contributed by atoms with Crippen LogP contribution in [0.4, 0.5) is 13.2 Å². The fourth-order valence-electron chi connectivity index (χ4n) is 2.13. The first kappa shape index (κ1) is 20.3. The molecule has 0 aliphatic heterocycles. The Morgan fingerprint density at radius 1 is 1.15 bits per heavy atom. The molecule has 0 aliphatic carbocycles. The van der Waals surface area contributed by atoms with Crippen molar-refractivity contribution in [3.8, 4) is 11.5 Å². The maximum atomic E-state index is 12.8. The average molecular weight is 381 g/mol. The van der Waals surface area contributed by atoms with Crippen molar-refractivity contribution in [3.63, 3.8) is 0 Å². The molecule has 0 radical (unpaired) electrons. The number of nitrogens with one attached hydrogen (secondary N) is 1. The number of carbonyl (C=O) groups excluding carboxylic acids is 1. The predicted molar refractivity (Wildman–Crippen MR) is 91.8 cm³/mol. The van der Waals surface area contributed by atoms with Crippen LogP contribution in [-0.4, -0.2) is 13.1 Å². The number of esters is 1. The van der Waals surface area contributed by atoms with Crippen LogP contribution < -0.4 is 15.0 Å². The molecule has 0 bridgehead atoms. The average Bonchev–Trinajstić information content (AvgIpc) is 2.65. The molecule has 0 amide bonds. The lowest BCUT2D eigenvalue weighted by atomic mass is 10.2. The third-order valence-electron chi connectivity index (χ3n) is 3.45. The highest BCUT2D eigenvalue weighted by Gasteiger charge is 2.30. The van der Waals surface area contributed by atoms with Gasteiger partial charge in [0.1, 0.15) is 23.8 Å². The number of hydrogen-bond acceptors (Lipinski definition) is 5. The van der Waals surface area contributed by atoms with Crippen LogP contribution in [0.3, 0.4) is 0 Å². The number of hydroxylamine groups is 1. The molecule has 0 atom stereocenters. The van der Waals surface area contributed by atoms with Crippen LogP contribution in [0.2, 0.25) is 0 Å². The van der Waals surface area contributed by atoms with Crippen molar-refractivity contribution in [2.45, 2.75) is 19.7 Å². The fraction of sp³-hybridized carbons (Fsp3) is 0.211. The number of alkyl halides is 3. The second-order valence-corrected chi connectivity index (χ2v) is 5.32. The molecule has 0 aromatic heterocycles. The van der Waals surface area contributed by atoms with Crippen molar-refractivity contribution >= 4 is 5.97 Å². The fourth-order valence-corrected chi connectivity index (χ4v) is 2.13. The van der Waals surface area contributed by atoms with Gasteiger partial charge in [-0.3, -0.25) is 10.3 Å². The number of benzene rings is 2. The van der Waals surface area contributed by atoms with Crippen molar-refractivity contribution in [2.75, 3.05) is 7.11 Å². The quantitative estimate of drug-likeness (QED) is 0.336. The summed E-state index contributed by atoms with van der Waals surface area (Å²) in [5.41, 5.74) is 2.20. The number of halogens is 3. The normalized spacial score (nSPS) is 11.8. The number of para-hydroxylation sites is 1. The van der Waals surface area contributed by atoms with Gasteiger partial charge in [0.25, 0.3) is 0 Å². The van der Waals surface area contributed by atoms with Crippen molar-refractivity contribution in [1.29, 1.82) is 0 Å². The SMILES string of the molecule is CC=C(NOC)C(=O)Oc1ccccc1COc1cccc(C(F)(F)F)c1. The van der Waals surface area contributed by atoms with Crippen molar-refractivity contribution in [1.82, 2.24) is 5.48 Å². The van der Waals surface area contributed by atoms with E-state index in [2.05, 4.69) is 5.48 Å². The summed E-state index contributed by atoms with van der Waals surface area (Å²) in [7, 11) is 1.35. The van der Waals surface area contributed by atoms with Crippen LogP contribution in [0.1, 0.15) is 18.1 Å². The summed E-state index contributed by atoms with van der Waals surface area (Å²) >= 11 is 0. The van der Waals surface area contributed by atoms with Gasteiger partial charge in [-0.05, 0) is 31.2 Å². The van der Waals surface area contributed by atoms with E-state index in [1.165, 1.54) is 25.3 Å². The van der Waals surface area contributed by atoms with E-state index in [-0.39, 0.29) is 23.8 Å². The molecule has 0 fully saturated rings. The lowest BCUT2D eigenvalue weighted by molar-refractivity contribution is -0.137.